The van der Waals surface area contributed by atoms with Crippen LogP contribution in [0.1, 0.15) is 46.0 Å². The van der Waals surface area contributed by atoms with Gasteiger partial charge in [0.15, 0.2) is 5.78 Å². The fourth-order valence-electron chi connectivity index (χ4n) is 4.49. The molecule has 2 aliphatic rings. The van der Waals surface area contributed by atoms with E-state index in [-0.39, 0.29) is 12.3 Å². The lowest BCUT2D eigenvalue weighted by Crippen LogP contribution is -2.57. The number of hydrazone groups is 1. The van der Waals surface area contributed by atoms with Gasteiger partial charge in [0.05, 0.1) is 18.4 Å². The van der Waals surface area contributed by atoms with Gasteiger partial charge in [0.1, 0.15) is 0 Å². The van der Waals surface area contributed by atoms with E-state index in [1.54, 1.807) is 6.07 Å². The second kappa shape index (κ2) is 10.1. The van der Waals surface area contributed by atoms with Crippen molar-refractivity contribution in [1.82, 2.24) is 9.91 Å². The highest BCUT2D eigenvalue weighted by Gasteiger charge is 2.38. The molecule has 4 rings (SSSR count). The molecule has 174 valence electrons. The fraction of sp³-hybridized carbons (Fsp3) is 0.400. The molecule has 1 saturated heterocycles. The molecular weight excluding hydrogens is 436 g/mol. The number of fused-ring (bicyclic) bond motifs is 1. The van der Waals surface area contributed by atoms with Gasteiger partial charge < -0.3 is 10.8 Å². The van der Waals surface area contributed by atoms with Crippen LogP contribution in [0.4, 0.5) is 0 Å². The van der Waals surface area contributed by atoms with Crippen molar-refractivity contribution >= 4 is 29.7 Å². The van der Waals surface area contributed by atoms with Crippen LogP contribution in [-0.2, 0) is 16.9 Å². The molecule has 1 unspecified atom stereocenters. The van der Waals surface area contributed by atoms with Crippen LogP contribution in [0.25, 0.3) is 0 Å². The van der Waals surface area contributed by atoms with E-state index < -0.39 is 11.6 Å². The average Bonchev–Trinajstić information content (AvgIpc) is 2.84. The van der Waals surface area contributed by atoms with Gasteiger partial charge in [-0.15, -0.1) is 0 Å². The van der Waals surface area contributed by atoms with E-state index in [0.29, 0.717) is 30.5 Å². The topological polar surface area (TPSA) is 99.2 Å². The summed E-state index contributed by atoms with van der Waals surface area (Å²) in [6, 6.07) is 13.1. The summed E-state index contributed by atoms with van der Waals surface area (Å²) in [5.41, 5.74) is 9.93. The monoisotopic (exact) mass is 466 g/mol. The van der Waals surface area contributed by atoms with Crippen molar-refractivity contribution in [3.63, 3.8) is 0 Å². The first-order valence-corrected chi connectivity index (χ1v) is 12.5. The van der Waals surface area contributed by atoms with E-state index in [1.807, 2.05) is 66.2 Å². The minimum Gasteiger partial charge on any atom is -0.480 e. The molecule has 0 amide bonds. The molecule has 0 saturated carbocycles. The van der Waals surface area contributed by atoms with Gasteiger partial charge in [0.2, 0.25) is 0 Å². The molecule has 0 aromatic heterocycles. The van der Waals surface area contributed by atoms with Crippen LogP contribution in [0.3, 0.4) is 0 Å². The number of hydrogen-bond acceptors (Lipinski definition) is 7. The number of nitrogens with two attached hydrogens (primary N) is 1. The number of carboxylic acids is 1. The summed E-state index contributed by atoms with van der Waals surface area (Å²) in [6.07, 6.45) is 3.09. The number of benzene rings is 2. The second-order valence-electron chi connectivity index (χ2n) is 8.48. The van der Waals surface area contributed by atoms with E-state index >= 15 is 0 Å². The molecule has 2 heterocycles. The van der Waals surface area contributed by atoms with Crippen molar-refractivity contribution in [3.8, 4) is 0 Å². The van der Waals surface area contributed by atoms with Gasteiger partial charge in [-0.3, -0.25) is 19.5 Å². The van der Waals surface area contributed by atoms with Crippen LogP contribution in [-0.4, -0.2) is 70.7 Å². The molecule has 8 heteroatoms. The van der Waals surface area contributed by atoms with E-state index in [9.17, 15) is 14.7 Å². The molecule has 0 spiro atoms. The van der Waals surface area contributed by atoms with Gasteiger partial charge >= 0.3 is 5.97 Å². The molecule has 0 bridgehead atoms. The predicted molar refractivity (Wildman–Crippen MR) is 132 cm³/mol. The standard InChI is InChI=1S/C25H30N4O3S/c1-2-25(26)22-8-7-21(15-20(22)9-10-28(25)17-23(30)31)24(32)19-5-3-18(4-6-19)16-27-29-11-13-33-14-12-29/h3-8,15-16H,2,9-14,17,26H2,1H3,(H,30,31). The highest BCUT2D eigenvalue weighted by molar-refractivity contribution is 7.99. The Hall–Kier alpha value is -2.68. The maximum atomic E-state index is 13.1. The van der Waals surface area contributed by atoms with Crippen molar-refractivity contribution in [2.45, 2.75) is 25.4 Å². The van der Waals surface area contributed by atoms with E-state index in [4.69, 9.17) is 5.73 Å². The van der Waals surface area contributed by atoms with Crippen molar-refractivity contribution in [1.29, 1.82) is 0 Å². The smallest absolute Gasteiger partial charge is 0.317 e. The van der Waals surface area contributed by atoms with Crippen LogP contribution in [0.15, 0.2) is 47.6 Å². The van der Waals surface area contributed by atoms with Gasteiger partial charge in [-0.25, -0.2) is 0 Å². The quantitative estimate of drug-likeness (QED) is 0.478. The first-order valence-electron chi connectivity index (χ1n) is 11.3. The highest BCUT2D eigenvalue weighted by atomic mass is 32.2. The summed E-state index contributed by atoms with van der Waals surface area (Å²) >= 11 is 1.95. The number of ketones is 1. The molecule has 0 aliphatic carbocycles. The SMILES string of the molecule is CCC1(N)c2ccc(C(=O)c3ccc(C=NN4CCSCC4)cc3)cc2CCN1CC(=O)O. The zero-order valence-corrected chi connectivity index (χ0v) is 19.7. The molecule has 2 aromatic carbocycles. The molecule has 2 aliphatic heterocycles. The summed E-state index contributed by atoms with van der Waals surface area (Å²) in [5.74, 6) is 1.28. The average molecular weight is 467 g/mol. The third-order valence-electron chi connectivity index (χ3n) is 6.44. The minimum atomic E-state index is -0.892. The number of carbonyl (C=O) groups is 2. The Balaban J connectivity index is 1.50. The molecule has 0 radical (unpaired) electrons. The number of hydrogen-bond donors (Lipinski definition) is 2. The Labute approximate surface area is 198 Å². The van der Waals surface area contributed by atoms with Gasteiger partial charge in [-0.05, 0) is 35.6 Å². The lowest BCUT2D eigenvalue weighted by molar-refractivity contribution is -0.140. The zero-order chi connectivity index (χ0) is 23.4. The van der Waals surface area contributed by atoms with Crippen LogP contribution in [0.2, 0.25) is 0 Å². The summed E-state index contributed by atoms with van der Waals surface area (Å²) in [4.78, 5) is 26.2. The number of thioether (sulfide) groups is 1. The van der Waals surface area contributed by atoms with E-state index in [2.05, 4.69) is 10.1 Å². The van der Waals surface area contributed by atoms with Crippen LogP contribution in [0.5, 0.6) is 0 Å². The lowest BCUT2D eigenvalue weighted by atomic mass is 9.84. The molecule has 33 heavy (non-hydrogen) atoms. The first kappa shape index (κ1) is 23.5. The molecular formula is C25H30N4O3S. The maximum Gasteiger partial charge on any atom is 0.317 e. The second-order valence-corrected chi connectivity index (χ2v) is 9.70. The number of carboxylic acid groups (broad SMARTS) is 1. The third kappa shape index (κ3) is 5.13. The zero-order valence-electron chi connectivity index (χ0n) is 18.9. The van der Waals surface area contributed by atoms with Gasteiger partial charge in [-0.1, -0.05) is 43.3 Å². The number of rotatable bonds is 7. The lowest BCUT2D eigenvalue weighted by Gasteiger charge is -2.44. The Morgan fingerprint density at radius 3 is 2.48 bits per heavy atom. The fourth-order valence-corrected chi connectivity index (χ4v) is 5.38. The Morgan fingerprint density at radius 2 is 1.82 bits per heavy atom. The van der Waals surface area contributed by atoms with Crippen molar-refractivity contribution in [2.75, 3.05) is 37.7 Å². The molecule has 2 aromatic rings. The van der Waals surface area contributed by atoms with Gasteiger partial charge in [0, 0.05) is 42.3 Å². The molecule has 7 nitrogen and oxygen atoms in total. The van der Waals surface area contributed by atoms with Crippen molar-refractivity contribution in [2.24, 2.45) is 10.8 Å². The summed E-state index contributed by atoms with van der Waals surface area (Å²) in [5, 5.41) is 15.9. The summed E-state index contributed by atoms with van der Waals surface area (Å²) in [6.45, 7) is 4.33. The third-order valence-corrected chi connectivity index (χ3v) is 7.39. The first-order chi connectivity index (χ1) is 15.9. The molecule has 3 N–H and O–H groups in total. The number of carbonyl (C=O) groups excluding carboxylic acids is 1. The van der Waals surface area contributed by atoms with Crippen LogP contribution >= 0.6 is 11.8 Å². The highest BCUT2D eigenvalue weighted by Crippen LogP contribution is 2.34. The molecule has 1 fully saturated rings. The van der Waals surface area contributed by atoms with E-state index in [1.165, 1.54) is 0 Å². The Morgan fingerprint density at radius 1 is 1.12 bits per heavy atom. The van der Waals surface area contributed by atoms with E-state index in [0.717, 1.165) is 41.3 Å². The Kier molecular flexibility index (Phi) is 7.17. The predicted octanol–water partition coefficient (Wildman–Crippen LogP) is 2.76. The minimum absolute atomic E-state index is 0.0403. The number of aliphatic carboxylic acids is 1. The van der Waals surface area contributed by atoms with Gasteiger partial charge in [-0.2, -0.15) is 16.9 Å². The van der Waals surface area contributed by atoms with Crippen LogP contribution < -0.4 is 5.73 Å². The summed E-state index contributed by atoms with van der Waals surface area (Å²) in [7, 11) is 0. The van der Waals surface area contributed by atoms with Gasteiger partial charge in [0.25, 0.3) is 0 Å². The number of nitrogens with zero attached hydrogens (tertiary/aromatic N) is 3. The van der Waals surface area contributed by atoms with Crippen molar-refractivity contribution < 1.29 is 14.7 Å². The Bertz CT molecular complexity index is 1050. The van der Waals surface area contributed by atoms with Crippen molar-refractivity contribution in [3.05, 3.63) is 70.3 Å². The van der Waals surface area contributed by atoms with Crippen LogP contribution in [0, 0.1) is 0 Å². The maximum absolute atomic E-state index is 13.1. The summed E-state index contributed by atoms with van der Waals surface area (Å²) < 4.78 is 0. The normalized spacial score (nSPS) is 21.2. The molecule has 1 atom stereocenters. The largest absolute Gasteiger partial charge is 0.480 e.